The molecule has 3 nitrogen and oxygen atoms in total. The lowest BCUT2D eigenvalue weighted by atomic mass is 10.0. The quantitative estimate of drug-likeness (QED) is 0.788. The van der Waals surface area contributed by atoms with E-state index in [2.05, 4.69) is 29.2 Å². The maximum absolute atomic E-state index is 5.89. The van der Waals surface area contributed by atoms with E-state index in [1.165, 1.54) is 5.56 Å². The smallest absolute Gasteiger partial charge is 0.124 e. The van der Waals surface area contributed by atoms with E-state index < -0.39 is 0 Å². The molecule has 2 aromatic carbocycles. The fourth-order valence-corrected chi connectivity index (χ4v) is 2.36. The summed E-state index contributed by atoms with van der Waals surface area (Å²) in [7, 11) is 1.67. The molecule has 0 spiro atoms. The molecule has 3 rings (SSSR count). The Balaban J connectivity index is 2.01. The maximum Gasteiger partial charge on any atom is 0.124 e. The molecule has 20 heavy (non-hydrogen) atoms. The van der Waals surface area contributed by atoms with Crippen molar-refractivity contribution in [1.82, 2.24) is 4.98 Å². The lowest BCUT2D eigenvalue weighted by Gasteiger charge is -2.08. The van der Waals surface area contributed by atoms with Crippen LogP contribution < -0.4 is 10.5 Å². The normalized spacial score (nSPS) is 10.7. The molecule has 3 heteroatoms. The van der Waals surface area contributed by atoms with Crippen molar-refractivity contribution in [2.24, 2.45) is 0 Å². The number of benzene rings is 2. The molecule has 3 aromatic rings. The fraction of sp³-hybridized carbons (Fsp3) is 0.118. The molecular formula is C17H16N2O. The third-order valence-corrected chi connectivity index (χ3v) is 3.37. The summed E-state index contributed by atoms with van der Waals surface area (Å²) in [6.07, 6.45) is 0.759. The molecule has 1 heterocycles. The number of anilines is 1. The minimum atomic E-state index is 0.562. The molecular weight excluding hydrogens is 248 g/mol. The minimum absolute atomic E-state index is 0.562. The molecule has 0 amide bonds. The Labute approximate surface area is 118 Å². The molecule has 0 fully saturated rings. The Kier molecular flexibility index (Phi) is 3.25. The van der Waals surface area contributed by atoms with Crippen LogP contribution >= 0.6 is 0 Å². The first-order valence-electron chi connectivity index (χ1n) is 6.53. The van der Waals surface area contributed by atoms with Crippen molar-refractivity contribution in [2.45, 2.75) is 6.42 Å². The zero-order valence-electron chi connectivity index (χ0n) is 11.3. The van der Waals surface area contributed by atoms with Crippen LogP contribution in [0.2, 0.25) is 0 Å². The second-order valence-corrected chi connectivity index (χ2v) is 4.74. The van der Waals surface area contributed by atoms with Crippen molar-refractivity contribution in [3.8, 4) is 5.75 Å². The van der Waals surface area contributed by atoms with Crippen LogP contribution in [0.4, 0.5) is 5.82 Å². The van der Waals surface area contributed by atoms with Gasteiger partial charge in [-0.05, 0) is 29.1 Å². The third kappa shape index (κ3) is 2.43. The Morgan fingerprint density at radius 2 is 1.80 bits per heavy atom. The number of fused-ring (bicyclic) bond motifs is 1. The number of rotatable bonds is 3. The molecule has 0 saturated heterocycles. The van der Waals surface area contributed by atoms with Gasteiger partial charge in [0.2, 0.25) is 0 Å². The highest BCUT2D eigenvalue weighted by atomic mass is 16.5. The van der Waals surface area contributed by atoms with Gasteiger partial charge in [0.15, 0.2) is 0 Å². The van der Waals surface area contributed by atoms with Gasteiger partial charge < -0.3 is 10.5 Å². The van der Waals surface area contributed by atoms with E-state index in [9.17, 15) is 0 Å². The number of hydrogen-bond donors (Lipinski definition) is 1. The average Bonchev–Trinajstić information content (AvgIpc) is 2.48. The monoisotopic (exact) mass is 264 g/mol. The summed E-state index contributed by atoms with van der Waals surface area (Å²) in [5.74, 6) is 1.42. The van der Waals surface area contributed by atoms with Gasteiger partial charge in [-0.2, -0.15) is 0 Å². The second kappa shape index (κ2) is 5.21. The van der Waals surface area contributed by atoms with Gasteiger partial charge in [0.05, 0.1) is 12.8 Å². The molecule has 2 N–H and O–H groups in total. The van der Waals surface area contributed by atoms with Crippen LogP contribution in [0.1, 0.15) is 11.3 Å². The largest absolute Gasteiger partial charge is 0.497 e. The first kappa shape index (κ1) is 12.5. The van der Waals surface area contributed by atoms with Crippen molar-refractivity contribution < 1.29 is 4.74 Å². The molecule has 0 atom stereocenters. The third-order valence-electron chi connectivity index (χ3n) is 3.37. The zero-order valence-corrected chi connectivity index (χ0v) is 11.3. The molecule has 0 bridgehead atoms. The minimum Gasteiger partial charge on any atom is -0.497 e. The Bertz CT molecular complexity index is 736. The molecule has 1 aromatic heterocycles. The molecule has 0 saturated carbocycles. The molecule has 0 radical (unpaired) electrons. The van der Waals surface area contributed by atoms with Gasteiger partial charge in [0, 0.05) is 11.8 Å². The molecule has 0 aliphatic heterocycles. The van der Waals surface area contributed by atoms with Crippen molar-refractivity contribution in [2.75, 3.05) is 12.8 Å². The SMILES string of the molecule is COc1ccc(Cc2nc(N)cc3ccccc23)cc1. The van der Waals surface area contributed by atoms with E-state index in [1.807, 2.05) is 30.3 Å². The van der Waals surface area contributed by atoms with Gasteiger partial charge in [-0.1, -0.05) is 36.4 Å². The van der Waals surface area contributed by atoms with E-state index in [-0.39, 0.29) is 0 Å². The first-order chi connectivity index (χ1) is 9.76. The van der Waals surface area contributed by atoms with Crippen LogP contribution in [0.5, 0.6) is 5.75 Å². The first-order valence-corrected chi connectivity index (χ1v) is 6.53. The van der Waals surface area contributed by atoms with Gasteiger partial charge in [0.1, 0.15) is 11.6 Å². The second-order valence-electron chi connectivity index (χ2n) is 4.74. The Hall–Kier alpha value is -2.55. The number of nitrogens with two attached hydrogens (primary N) is 1. The number of nitrogens with zero attached hydrogens (tertiary/aromatic N) is 1. The van der Waals surface area contributed by atoms with Gasteiger partial charge in [0.25, 0.3) is 0 Å². The lowest BCUT2D eigenvalue weighted by Crippen LogP contribution is -1.98. The van der Waals surface area contributed by atoms with E-state index in [0.29, 0.717) is 5.82 Å². The number of pyridine rings is 1. The van der Waals surface area contributed by atoms with Crippen LogP contribution in [-0.2, 0) is 6.42 Å². The van der Waals surface area contributed by atoms with Crippen LogP contribution in [0, 0.1) is 0 Å². The zero-order chi connectivity index (χ0) is 13.9. The van der Waals surface area contributed by atoms with E-state index in [0.717, 1.165) is 28.6 Å². The summed E-state index contributed by atoms with van der Waals surface area (Å²) in [5, 5.41) is 2.28. The van der Waals surface area contributed by atoms with Gasteiger partial charge in [-0.15, -0.1) is 0 Å². The Morgan fingerprint density at radius 3 is 2.55 bits per heavy atom. The van der Waals surface area contributed by atoms with Crippen molar-refractivity contribution >= 4 is 16.6 Å². The summed E-state index contributed by atoms with van der Waals surface area (Å²) >= 11 is 0. The van der Waals surface area contributed by atoms with Gasteiger partial charge >= 0.3 is 0 Å². The lowest BCUT2D eigenvalue weighted by molar-refractivity contribution is 0.414. The maximum atomic E-state index is 5.89. The topological polar surface area (TPSA) is 48.1 Å². The summed E-state index contributed by atoms with van der Waals surface area (Å²) < 4.78 is 5.17. The number of ether oxygens (including phenoxy) is 1. The van der Waals surface area contributed by atoms with Gasteiger partial charge in [-0.25, -0.2) is 4.98 Å². The predicted octanol–water partition coefficient (Wildman–Crippen LogP) is 3.42. The van der Waals surface area contributed by atoms with Crippen LogP contribution in [0.3, 0.4) is 0 Å². The van der Waals surface area contributed by atoms with Crippen LogP contribution in [0.15, 0.2) is 54.6 Å². The Morgan fingerprint density at radius 1 is 1.05 bits per heavy atom. The van der Waals surface area contributed by atoms with Crippen LogP contribution in [-0.4, -0.2) is 12.1 Å². The summed E-state index contributed by atoms with van der Waals surface area (Å²) in [6, 6.07) is 18.1. The highest BCUT2D eigenvalue weighted by Crippen LogP contribution is 2.22. The average molecular weight is 264 g/mol. The molecule has 0 aliphatic carbocycles. The fourth-order valence-electron chi connectivity index (χ4n) is 2.36. The molecule has 0 unspecified atom stereocenters. The number of aromatic nitrogens is 1. The van der Waals surface area contributed by atoms with E-state index >= 15 is 0 Å². The summed E-state index contributed by atoms with van der Waals surface area (Å²) in [5.41, 5.74) is 8.09. The van der Waals surface area contributed by atoms with Crippen molar-refractivity contribution in [1.29, 1.82) is 0 Å². The van der Waals surface area contributed by atoms with Crippen molar-refractivity contribution in [3.63, 3.8) is 0 Å². The van der Waals surface area contributed by atoms with E-state index in [4.69, 9.17) is 10.5 Å². The molecule has 100 valence electrons. The molecule has 0 aliphatic rings. The summed E-state index contributed by atoms with van der Waals surface area (Å²) in [4.78, 5) is 4.49. The number of nitrogen functional groups attached to an aromatic ring is 1. The van der Waals surface area contributed by atoms with Crippen molar-refractivity contribution in [3.05, 3.63) is 65.9 Å². The summed E-state index contributed by atoms with van der Waals surface area (Å²) in [6.45, 7) is 0. The predicted molar refractivity (Wildman–Crippen MR) is 82.0 cm³/mol. The number of hydrogen-bond acceptors (Lipinski definition) is 3. The highest BCUT2D eigenvalue weighted by molar-refractivity contribution is 5.86. The number of methoxy groups -OCH3 is 1. The van der Waals surface area contributed by atoms with E-state index in [1.54, 1.807) is 7.11 Å². The highest BCUT2D eigenvalue weighted by Gasteiger charge is 2.05. The van der Waals surface area contributed by atoms with Crippen LogP contribution in [0.25, 0.3) is 10.8 Å². The standard InChI is InChI=1S/C17H16N2O/c1-20-14-8-6-12(7-9-14)10-16-15-5-3-2-4-13(15)11-17(18)19-16/h2-9,11H,10H2,1H3,(H2,18,19). The van der Waals surface area contributed by atoms with Gasteiger partial charge in [-0.3, -0.25) is 0 Å².